The van der Waals surface area contributed by atoms with E-state index in [1.165, 1.54) is 5.57 Å². The lowest BCUT2D eigenvalue weighted by atomic mass is 9.78. The van der Waals surface area contributed by atoms with E-state index >= 15 is 0 Å². The Morgan fingerprint density at radius 2 is 2.46 bits per heavy atom. The summed E-state index contributed by atoms with van der Waals surface area (Å²) >= 11 is 3.45. The molecule has 0 aromatic rings. The van der Waals surface area contributed by atoms with E-state index in [1.807, 2.05) is 0 Å². The van der Waals surface area contributed by atoms with Crippen molar-refractivity contribution in [3.05, 3.63) is 12.2 Å². The first kappa shape index (κ1) is 10.8. The van der Waals surface area contributed by atoms with Crippen molar-refractivity contribution >= 4 is 21.9 Å². The highest BCUT2D eigenvalue weighted by molar-refractivity contribution is 9.09. The molecule has 1 fully saturated rings. The summed E-state index contributed by atoms with van der Waals surface area (Å²) in [5.41, 5.74) is 1.17. The second-order valence-electron chi connectivity index (χ2n) is 3.99. The minimum absolute atomic E-state index is 0.0155. The Bertz CT molecular complexity index is 237. The molecule has 1 saturated carbocycles. The Balaban J connectivity index is 2.75. The molecule has 1 rings (SSSR count). The summed E-state index contributed by atoms with van der Waals surface area (Å²) < 4.78 is 0. The standard InChI is InChI=1S/C10H15BrO2/c1-7-3-4-8(5-9(12)13)10(7,2)6-11/h8H,1,3-6H2,2H3,(H,12,13)/t8-,10+/m1/s1. The summed E-state index contributed by atoms with van der Waals surface area (Å²) in [4.78, 5) is 10.6. The molecular formula is C10H15BrO2. The van der Waals surface area contributed by atoms with Crippen LogP contribution in [-0.4, -0.2) is 16.4 Å². The van der Waals surface area contributed by atoms with Gasteiger partial charge < -0.3 is 5.11 Å². The Morgan fingerprint density at radius 3 is 2.92 bits per heavy atom. The lowest BCUT2D eigenvalue weighted by molar-refractivity contribution is -0.138. The number of carboxylic acid groups (broad SMARTS) is 1. The molecule has 0 spiro atoms. The van der Waals surface area contributed by atoms with Gasteiger partial charge in [0.15, 0.2) is 0 Å². The van der Waals surface area contributed by atoms with Crippen LogP contribution >= 0.6 is 15.9 Å². The smallest absolute Gasteiger partial charge is 0.303 e. The van der Waals surface area contributed by atoms with Crippen molar-refractivity contribution < 1.29 is 9.90 Å². The largest absolute Gasteiger partial charge is 0.481 e. The van der Waals surface area contributed by atoms with Crippen molar-refractivity contribution in [2.24, 2.45) is 11.3 Å². The van der Waals surface area contributed by atoms with Crippen LogP contribution in [0.3, 0.4) is 0 Å². The maximum atomic E-state index is 10.6. The number of halogens is 1. The van der Waals surface area contributed by atoms with E-state index in [0.29, 0.717) is 0 Å². The van der Waals surface area contributed by atoms with Crippen molar-refractivity contribution in [1.82, 2.24) is 0 Å². The van der Waals surface area contributed by atoms with E-state index in [1.54, 1.807) is 0 Å². The molecule has 1 aliphatic carbocycles. The minimum Gasteiger partial charge on any atom is -0.481 e. The fraction of sp³-hybridized carbons (Fsp3) is 0.700. The van der Waals surface area contributed by atoms with Crippen LogP contribution in [-0.2, 0) is 4.79 Å². The first-order chi connectivity index (χ1) is 6.00. The zero-order valence-corrected chi connectivity index (χ0v) is 9.43. The van der Waals surface area contributed by atoms with Crippen molar-refractivity contribution in [2.75, 3.05) is 5.33 Å². The summed E-state index contributed by atoms with van der Waals surface area (Å²) in [7, 11) is 0. The van der Waals surface area contributed by atoms with E-state index in [9.17, 15) is 4.79 Å². The number of hydrogen-bond acceptors (Lipinski definition) is 1. The van der Waals surface area contributed by atoms with Crippen LogP contribution in [0.2, 0.25) is 0 Å². The van der Waals surface area contributed by atoms with Crippen LogP contribution in [0.5, 0.6) is 0 Å². The van der Waals surface area contributed by atoms with Gasteiger partial charge in [-0.1, -0.05) is 35.0 Å². The van der Waals surface area contributed by atoms with E-state index in [0.717, 1.165) is 18.2 Å². The van der Waals surface area contributed by atoms with Crippen molar-refractivity contribution in [1.29, 1.82) is 0 Å². The van der Waals surface area contributed by atoms with Gasteiger partial charge in [0.1, 0.15) is 0 Å². The number of rotatable bonds is 3. The van der Waals surface area contributed by atoms with Crippen LogP contribution in [0.4, 0.5) is 0 Å². The summed E-state index contributed by atoms with van der Waals surface area (Å²) in [6, 6.07) is 0. The molecule has 0 heterocycles. The fourth-order valence-corrected chi connectivity index (χ4v) is 2.84. The normalized spacial score (nSPS) is 33.7. The molecule has 0 saturated heterocycles. The highest BCUT2D eigenvalue weighted by Crippen LogP contribution is 2.49. The first-order valence-electron chi connectivity index (χ1n) is 4.46. The third-order valence-corrected chi connectivity index (χ3v) is 4.37. The third-order valence-electron chi connectivity index (χ3n) is 3.20. The van der Waals surface area contributed by atoms with Crippen LogP contribution in [0.1, 0.15) is 26.2 Å². The van der Waals surface area contributed by atoms with Crippen molar-refractivity contribution in [3.8, 4) is 0 Å². The monoisotopic (exact) mass is 246 g/mol. The lowest BCUT2D eigenvalue weighted by Crippen LogP contribution is -2.26. The molecule has 0 amide bonds. The molecule has 0 unspecified atom stereocenters. The van der Waals surface area contributed by atoms with Gasteiger partial charge in [-0.2, -0.15) is 0 Å². The van der Waals surface area contributed by atoms with Gasteiger partial charge in [-0.25, -0.2) is 0 Å². The van der Waals surface area contributed by atoms with Gasteiger partial charge in [0, 0.05) is 17.2 Å². The number of aliphatic carboxylic acids is 1. The number of hydrogen-bond donors (Lipinski definition) is 1. The third kappa shape index (κ3) is 1.96. The number of allylic oxidation sites excluding steroid dienone is 1. The predicted octanol–water partition coefficient (Wildman–Crippen LogP) is 2.83. The molecule has 0 aromatic heterocycles. The van der Waals surface area contributed by atoms with Gasteiger partial charge in [-0.15, -0.1) is 0 Å². The van der Waals surface area contributed by atoms with Crippen molar-refractivity contribution in [3.63, 3.8) is 0 Å². The molecule has 3 heteroatoms. The van der Waals surface area contributed by atoms with Gasteiger partial charge in [0.05, 0.1) is 0 Å². The predicted molar refractivity (Wildman–Crippen MR) is 56.0 cm³/mol. The van der Waals surface area contributed by atoms with Crippen LogP contribution in [0, 0.1) is 11.3 Å². The Kier molecular flexibility index (Phi) is 3.17. The highest BCUT2D eigenvalue weighted by atomic mass is 79.9. The maximum Gasteiger partial charge on any atom is 0.303 e. The SMILES string of the molecule is C=C1CC[C@H](CC(=O)O)[C@@]1(C)CBr. The van der Waals surface area contributed by atoms with E-state index in [-0.39, 0.29) is 17.8 Å². The number of carbonyl (C=O) groups is 1. The fourth-order valence-electron chi connectivity index (χ4n) is 1.98. The summed E-state index contributed by atoms with van der Waals surface area (Å²) in [6.07, 6.45) is 2.20. The molecule has 13 heavy (non-hydrogen) atoms. The van der Waals surface area contributed by atoms with Gasteiger partial charge in [-0.3, -0.25) is 4.79 Å². The molecule has 2 nitrogen and oxygen atoms in total. The average molecular weight is 247 g/mol. The molecular weight excluding hydrogens is 232 g/mol. The lowest BCUT2D eigenvalue weighted by Gasteiger charge is -2.29. The van der Waals surface area contributed by atoms with Gasteiger partial charge in [0.25, 0.3) is 0 Å². The summed E-state index contributed by atoms with van der Waals surface area (Å²) in [5.74, 6) is -0.455. The zero-order valence-electron chi connectivity index (χ0n) is 7.85. The second-order valence-corrected chi connectivity index (χ2v) is 4.55. The Hall–Kier alpha value is -0.310. The maximum absolute atomic E-state index is 10.6. The Labute approximate surface area is 87.2 Å². The first-order valence-corrected chi connectivity index (χ1v) is 5.59. The quantitative estimate of drug-likeness (QED) is 0.615. The molecule has 0 aromatic carbocycles. The van der Waals surface area contributed by atoms with E-state index < -0.39 is 5.97 Å². The molecule has 74 valence electrons. The second kappa shape index (κ2) is 3.82. The van der Waals surface area contributed by atoms with Crippen molar-refractivity contribution in [2.45, 2.75) is 26.2 Å². The molecule has 0 radical (unpaired) electrons. The molecule has 0 aliphatic heterocycles. The van der Waals surface area contributed by atoms with E-state index in [4.69, 9.17) is 5.11 Å². The minimum atomic E-state index is -0.702. The molecule has 1 aliphatic rings. The molecule has 0 bridgehead atoms. The zero-order chi connectivity index (χ0) is 10.1. The molecule has 1 N–H and O–H groups in total. The van der Waals surface area contributed by atoms with E-state index in [2.05, 4.69) is 29.4 Å². The van der Waals surface area contributed by atoms with Crippen LogP contribution in [0.15, 0.2) is 12.2 Å². The number of carboxylic acids is 1. The van der Waals surface area contributed by atoms with Crippen LogP contribution in [0.25, 0.3) is 0 Å². The molecule has 2 atom stereocenters. The van der Waals surface area contributed by atoms with Gasteiger partial charge >= 0.3 is 5.97 Å². The summed E-state index contributed by atoms with van der Waals surface area (Å²) in [5, 5.41) is 9.56. The Morgan fingerprint density at radius 1 is 1.85 bits per heavy atom. The number of alkyl halides is 1. The van der Waals surface area contributed by atoms with Crippen LogP contribution < -0.4 is 0 Å². The van der Waals surface area contributed by atoms with Gasteiger partial charge in [-0.05, 0) is 18.8 Å². The summed E-state index contributed by atoms with van der Waals surface area (Å²) in [6.45, 7) is 6.11. The highest BCUT2D eigenvalue weighted by Gasteiger charge is 2.41. The average Bonchev–Trinajstić information content (AvgIpc) is 2.33. The van der Waals surface area contributed by atoms with Gasteiger partial charge in [0.2, 0.25) is 0 Å². The topological polar surface area (TPSA) is 37.3 Å².